The summed E-state index contributed by atoms with van der Waals surface area (Å²) < 4.78 is 0. The Bertz CT molecular complexity index is 561. The van der Waals surface area contributed by atoms with Gasteiger partial charge < -0.3 is 5.32 Å². The Balaban J connectivity index is 1.73. The van der Waals surface area contributed by atoms with Crippen molar-refractivity contribution in [2.75, 3.05) is 7.05 Å². The Morgan fingerprint density at radius 3 is 2.62 bits per heavy atom. The zero-order valence-electron chi connectivity index (χ0n) is 12.8. The monoisotopic (exact) mass is 280 g/mol. The summed E-state index contributed by atoms with van der Waals surface area (Å²) in [5, 5.41) is 3.50. The number of nitrogens with zero attached hydrogens (tertiary/aromatic N) is 1. The summed E-state index contributed by atoms with van der Waals surface area (Å²) >= 11 is 0. The van der Waals surface area contributed by atoms with Crippen molar-refractivity contribution in [1.82, 2.24) is 10.3 Å². The van der Waals surface area contributed by atoms with E-state index in [0.717, 1.165) is 18.8 Å². The number of nitrogens with one attached hydrogen (secondary N) is 1. The van der Waals surface area contributed by atoms with Gasteiger partial charge in [0.1, 0.15) is 0 Å². The molecule has 1 unspecified atom stereocenters. The Morgan fingerprint density at radius 1 is 1.14 bits per heavy atom. The number of benzene rings is 1. The van der Waals surface area contributed by atoms with E-state index in [9.17, 15) is 0 Å². The normalized spacial score (nSPS) is 16.4. The second kappa shape index (κ2) is 6.86. The highest BCUT2D eigenvalue weighted by Gasteiger charge is 2.24. The van der Waals surface area contributed by atoms with Gasteiger partial charge in [-0.2, -0.15) is 0 Å². The number of pyridine rings is 1. The van der Waals surface area contributed by atoms with Gasteiger partial charge in [0.05, 0.1) is 0 Å². The molecule has 1 aliphatic carbocycles. The van der Waals surface area contributed by atoms with Crippen molar-refractivity contribution in [3.63, 3.8) is 0 Å². The van der Waals surface area contributed by atoms with Crippen LogP contribution in [0.3, 0.4) is 0 Å². The van der Waals surface area contributed by atoms with E-state index in [1.165, 1.54) is 30.5 Å². The standard InChI is InChI=1S/C19H24N2/c1-20-19(13-12-16-9-4-5-14-21-16)18-11-3-2-10-17(18)15-7-6-8-15/h2-5,9-11,14-15,19-20H,6-8,12-13H2,1H3. The predicted molar refractivity (Wildman–Crippen MR) is 87.4 cm³/mol. The largest absolute Gasteiger partial charge is 0.313 e. The zero-order valence-corrected chi connectivity index (χ0v) is 12.8. The van der Waals surface area contributed by atoms with Gasteiger partial charge >= 0.3 is 0 Å². The van der Waals surface area contributed by atoms with Crippen molar-refractivity contribution in [2.24, 2.45) is 0 Å². The number of rotatable bonds is 6. The van der Waals surface area contributed by atoms with Crippen molar-refractivity contribution in [3.05, 3.63) is 65.5 Å². The summed E-state index contributed by atoms with van der Waals surface area (Å²) in [4.78, 5) is 4.44. The van der Waals surface area contributed by atoms with E-state index in [1.807, 2.05) is 12.3 Å². The quantitative estimate of drug-likeness (QED) is 0.856. The highest BCUT2D eigenvalue weighted by molar-refractivity contribution is 5.34. The molecule has 1 N–H and O–H groups in total. The van der Waals surface area contributed by atoms with Crippen LogP contribution in [-0.2, 0) is 6.42 Å². The van der Waals surface area contributed by atoms with Gasteiger partial charge in [0.25, 0.3) is 0 Å². The van der Waals surface area contributed by atoms with Gasteiger partial charge in [-0.05, 0) is 61.9 Å². The molecule has 1 atom stereocenters. The lowest BCUT2D eigenvalue weighted by Crippen LogP contribution is -2.21. The summed E-state index contributed by atoms with van der Waals surface area (Å²) in [5.74, 6) is 0.784. The minimum Gasteiger partial charge on any atom is -0.313 e. The van der Waals surface area contributed by atoms with Crippen molar-refractivity contribution in [3.8, 4) is 0 Å². The highest BCUT2D eigenvalue weighted by Crippen LogP contribution is 2.40. The number of aryl methyl sites for hydroxylation is 1. The molecule has 0 bridgehead atoms. The maximum absolute atomic E-state index is 4.44. The zero-order chi connectivity index (χ0) is 14.5. The molecule has 0 amide bonds. The summed E-state index contributed by atoms with van der Waals surface area (Å²) in [7, 11) is 2.07. The number of hydrogen-bond acceptors (Lipinski definition) is 2. The molecule has 0 spiro atoms. The molecule has 1 fully saturated rings. The number of aromatic nitrogens is 1. The van der Waals surface area contributed by atoms with Crippen molar-refractivity contribution in [2.45, 2.75) is 44.1 Å². The van der Waals surface area contributed by atoms with Crippen molar-refractivity contribution >= 4 is 0 Å². The van der Waals surface area contributed by atoms with Gasteiger partial charge in [-0.1, -0.05) is 36.8 Å². The molecule has 110 valence electrons. The topological polar surface area (TPSA) is 24.9 Å². The van der Waals surface area contributed by atoms with Crippen molar-refractivity contribution < 1.29 is 0 Å². The summed E-state index contributed by atoms with van der Waals surface area (Å²) in [6.45, 7) is 0. The first-order chi connectivity index (χ1) is 10.4. The third-order valence-corrected chi connectivity index (χ3v) is 4.68. The minimum atomic E-state index is 0.420. The molecule has 2 nitrogen and oxygen atoms in total. The Kier molecular flexibility index (Phi) is 4.66. The molecule has 0 radical (unpaired) electrons. The molecule has 0 aliphatic heterocycles. The fourth-order valence-corrected chi connectivity index (χ4v) is 3.21. The predicted octanol–water partition coefficient (Wildman–Crippen LogP) is 4.24. The SMILES string of the molecule is CNC(CCc1ccccn1)c1ccccc1C1CCC1. The molecule has 0 saturated heterocycles. The highest BCUT2D eigenvalue weighted by atomic mass is 14.9. The minimum absolute atomic E-state index is 0.420. The Labute approximate surface area is 127 Å². The first-order valence-electron chi connectivity index (χ1n) is 8.04. The fourth-order valence-electron chi connectivity index (χ4n) is 3.21. The van der Waals surface area contributed by atoms with E-state index in [4.69, 9.17) is 0 Å². The van der Waals surface area contributed by atoms with E-state index >= 15 is 0 Å². The average molecular weight is 280 g/mol. The maximum Gasteiger partial charge on any atom is 0.0404 e. The van der Waals surface area contributed by atoms with Gasteiger partial charge in [0, 0.05) is 17.9 Å². The average Bonchev–Trinajstić information content (AvgIpc) is 2.49. The van der Waals surface area contributed by atoms with Gasteiger partial charge in [0.2, 0.25) is 0 Å². The van der Waals surface area contributed by atoms with Crippen LogP contribution in [0.15, 0.2) is 48.7 Å². The van der Waals surface area contributed by atoms with Crippen LogP contribution in [-0.4, -0.2) is 12.0 Å². The summed E-state index contributed by atoms with van der Waals surface area (Å²) in [6.07, 6.45) is 8.09. The van der Waals surface area contributed by atoms with E-state index in [2.05, 4.69) is 53.7 Å². The van der Waals surface area contributed by atoms with E-state index < -0.39 is 0 Å². The molecule has 21 heavy (non-hydrogen) atoms. The summed E-state index contributed by atoms with van der Waals surface area (Å²) in [5.41, 5.74) is 4.23. The van der Waals surface area contributed by atoms with Crippen LogP contribution in [0, 0.1) is 0 Å². The van der Waals surface area contributed by atoms with Crippen LogP contribution in [0.5, 0.6) is 0 Å². The second-order valence-corrected chi connectivity index (χ2v) is 5.96. The molecule has 3 rings (SSSR count). The Morgan fingerprint density at radius 2 is 1.95 bits per heavy atom. The third-order valence-electron chi connectivity index (χ3n) is 4.68. The molecule has 2 aromatic rings. The molecule has 1 aliphatic rings. The van der Waals surface area contributed by atoms with Crippen LogP contribution in [0.4, 0.5) is 0 Å². The van der Waals surface area contributed by atoms with Gasteiger partial charge in [-0.15, -0.1) is 0 Å². The van der Waals surface area contributed by atoms with Crippen LogP contribution in [0.25, 0.3) is 0 Å². The first kappa shape index (κ1) is 14.3. The van der Waals surface area contributed by atoms with Gasteiger partial charge in [-0.3, -0.25) is 4.98 Å². The fraction of sp³-hybridized carbons (Fsp3) is 0.421. The van der Waals surface area contributed by atoms with E-state index in [1.54, 1.807) is 5.56 Å². The van der Waals surface area contributed by atoms with Gasteiger partial charge in [0.15, 0.2) is 0 Å². The van der Waals surface area contributed by atoms with Crippen molar-refractivity contribution in [1.29, 1.82) is 0 Å². The van der Waals surface area contributed by atoms with E-state index in [0.29, 0.717) is 6.04 Å². The lowest BCUT2D eigenvalue weighted by molar-refractivity contribution is 0.411. The molecular weight excluding hydrogens is 256 g/mol. The third kappa shape index (κ3) is 3.33. The molecule has 2 heteroatoms. The molecule has 1 heterocycles. The number of hydrogen-bond donors (Lipinski definition) is 1. The van der Waals surface area contributed by atoms with Crippen LogP contribution >= 0.6 is 0 Å². The second-order valence-electron chi connectivity index (χ2n) is 5.96. The van der Waals surface area contributed by atoms with E-state index in [-0.39, 0.29) is 0 Å². The van der Waals surface area contributed by atoms with Crippen LogP contribution < -0.4 is 5.32 Å². The van der Waals surface area contributed by atoms with Crippen LogP contribution in [0.1, 0.15) is 54.5 Å². The molecular formula is C19H24N2. The van der Waals surface area contributed by atoms with Crippen LogP contribution in [0.2, 0.25) is 0 Å². The lowest BCUT2D eigenvalue weighted by atomic mass is 9.77. The smallest absolute Gasteiger partial charge is 0.0404 e. The summed E-state index contributed by atoms with van der Waals surface area (Å²) in [6, 6.07) is 15.6. The Hall–Kier alpha value is -1.67. The molecule has 1 saturated carbocycles. The van der Waals surface area contributed by atoms with Gasteiger partial charge in [-0.25, -0.2) is 0 Å². The lowest BCUT2D eigenvalue weighted by Gasteiger charge is -2.30. The molecule has 1 aromatic carbocycles. The first-order valence-corrected chi connectivity index (χ1v) is 8.04. The maximum atomic E-state index is 4.44. The molecule has 1 aromatic heterocycles.